The largest absolute Gasteiger partial charge is 0.394 e. The van der Waals surface area contributed by atoms with Gasteiger partial charge in [0.2, 0.25) is 0 Å². The SMILES string of the molecule is C=C1N=C(N)C(c2cn(C)nn2)=CN1C1OC(CO)C(O)C1O. The fraction of sp³-hybridized carbons (Fsp3) is 0.462. The van der Waals surface area contributed by atoms with E-state index in [1.165, 1.54) is 9.58 Å². The number of nitrogens with zero attached hydrogens (tertiary/aromatic N) is 5. The molecule has 3 rings (SSSR count). The summed E-state index contributed by atoms with van der Waals surface area (Å²) in [6, 6.07) is 0. The van der Waals surface area contributed by atoms with Crippen LogP contribution in [-0.2, 0) is 11.8 Å². The molecule has 1 aromatic rings. The van der Waals surface area contributed by atoms with Crippen LogP contribution in [0.25, 0.3) is 5.57 Å². The maximum atomic E-state index is 10.1. The molecule has 1 fully saturated rings. The molecule has 10 nitrogen and oxygen atoms in total. The van der Waals surface area contributed by atoms with E-state index in [9.17, 15) is 15.3 Å². The number of hydrogen-bond donors (Lipinski definition) is 4. The zero-order valence-corrected chi connectivity index (χ0v) is 12.4. The summed E-state index contributed by atoms with van der Waals surface area (Å²) in [5, 5.41) is 37.0. The summed E-state index contributed by atoms with van der Waals surface area (Å²) >= 11 is 0. The Morgan fingerprint density at radius 3 is 2.70 bits per heavy atom. The van der Waals surface area contributed by atoms with Gasteiger partial charge in [-0.2, -0.15) is 0 Å². The van der Waals surface area contributed by atoms with Crippen LogP contribution in [0.2, 0.25) is 0 Å². The Balaban J connectivity index is 1.93. The standard InChI is InChI=1S/C13H18N6O4/c1-6-15-12(14)7(8-4-18(2)17-16-8)3-19(6)13-11(22)10(21)9(5-20)23-13/h3-4,9-11,13,20-22H,1,5H2,2H3,(H2,14,15). The van der Waals surface area contributed by atoms with E-state index >= 15 is 0 Å². The van der Waals surface area contributed by atoms with Gasteiger partial charge in [0.05, 0.1) is 18.4 Å². The lowest BCUT2D eigenvalue weighted by atomic mass is 10.1. The highest BCUT2D eigenvalue weighted by Gasteiger charge is 2.46. The molecule has 1 aromatic heterocycles. The number of aryl methyl sites for hydroxylation is 1. The predicted molar refractivity (Wildman–Crippen MR) is 79.3 cm³/mol. The van der Waals surface area contributed by atoms with Gasteiger partial charge >= 0.3 is 0 Å². The summed E-state index contributed by atoms with van der Waals surface area (Å²) < 4.78 is 7.01. The molecule has 10 heteroatoms. The van der Waals surface area contributed by atoms with Gasteiger partial charge in [0, 0.05) is 13.2 Å². The van der Waals surface area contributed by atoms with Crippen LogP contribution in [0.15, 0.2) is 29.8 Å². The molecule has 0 aromatic carbocycles. The number of aromatic nitrogens is 3. The number of nitrogens with two attached hydrogens (primary N) is 1. The summed E-state index contributed by atoms with van der Waals surface area (Å²) in [5.41, 5.74) is 6.90. The molecule has 0 bridgehead atoms. The second kappa shape index (κ2) is 5.74. The van der Waals surface area contributed by atoms with Crippen molar-refractivity contribution in [2.45, 2.75) is 24.5 Å². The minimum Gasteiger partial charge on any atom is -0.394 e. The topological polar surface area (TPSA) is 142 Å². The molecule has 0 aliphatic carbocycles. The van der Waals surface area contributed by atoms with E-state index in [0.717, 1.165) is 0 Å². The molecule has 0 saturated carbocycles. The lowest BCUT2D eigenvalue weighted by Crippen LogP contribution is -2.42. The Kier molecular flexibility index (Phi) is 3.90. The zero-order valence-electron chi connectivity index (χ0n) is 12.4. The second-order valence-corrected chi connectivity index (χ2v) is 5.37. The minimum absolute atomic E-state index is 0.207. The fourth-order valence-corrected chi connectivity index (χ4v) is 2.53. The highest BCUT2D eigenvalue weighted by molar-refractivity contribution is 6.22. The third kappa shape index (κ3) is 2.61. The van der Waals surface area contributed by atoms with Gasteiger partial charge in [-0.1, -0.05) is 11.8 Å². The molecule has 1 saturated heterocycles. The van der Waals surface area contributed by atoms with Crippen molar-refractivity contribution >= 4 is 11.4 Å². The van der Waals surface area contributed by atoms with Gasteiger partial charge < -0.3 is 30.7 Å². The summed E-state index contributed by atoms with van der Waals surface area (Å²) in [6.45, 7) is 3.36. The zero-order chi connectivity index (χ0) is 16.7. The molecule has 2 aliphatic heterocycles. The molecule has 3 heterocycles. The molecule has 5 N–H and O–H groups in total. The number of rotatable bonds is 3. The van der Waals surface area contributed by atoms with Crippen molar-refractivity contribution in [3.05, 3.63) is 30.5 Å². The van der Waals surface area contributed by atoms with Crippen molar-refractivity contribution < 1.29 is 20.1 Å². The first kappa shape index (κ1) is 15.6. The third-order valence-electron chi connectivity index (χ3n) is 3.76. The van der Waals surface area contributed by atoms with E-state index < -0.39 is 31.1 Å². The number of hydrogen-bond acceptors (Lipinski definition) is 9. The lowest BCUT2D eigenvalue weighted by Gasteiger charge is -2.31. The Hall–Kier alpha value is -2.27. The van der Waals surface area contributed by atoms with Crippen molar-refractivity contribution in [1.29, 1.82) is 0 Å². The minimum atomic E-state index is -1.24. The monoisotopic (exact) mass is 322 g/mol. The van der Waals surface area contributed by atoms with E-state index in [1.54, 1.807) is 19.4 Å². The number of aliphatic imine (C=N–C) groups is 1. The molecular weight excluding hydrogens is 304 g/mol. The van der Waals surface area contributed by atoms with Gasteiger partial charge in [-0.05, 0) is 0 Å². The second-order valence-electron chi connectivity index (χ2n) is 5.37. The third-order valence-corrected chi connectivity index (χ3v) is 3.76. The first-order valence-electron chi connectivity index (χ1n) is 6.95. The average Bonchev–Trinajstić information content (AvgIpc) is 3.05. The van der Waals surface area contributed by atoms with Gasteiger partial charge in [0.25, 0.3) is 0 Å². The maximum Gasteiger partial charge on any atom is 0.164 e. The van der Waals surface area contributed by atoms with Crippen LogP contribution in [-0.4, -0.2) is 72.2 Å². The highest BCUT2D eigenvalue weighted by Crippen LogP contribution is 2.30. The van der Waals surface area contributed by atoms with E-state index in [1.807, 2.05) is 0 Å². The van der Waals surface area contributed by atoms with Crippen molar-refractivity contribution in [2.75, 3.05) is 6.61 Å². The first-order valence-corrected chi connectivity index (χ1v) is 6.95. The average molecular weight is 322 g/mol. The van der Waals surface area contributed by atoms with Crippen LogP contribution >= 0.6 is 0 Å². The van der Waals surface area contributed by atoms with E-state index in [2.05, 4.69) is 21.9 Å². The molecule has 23 heavy (non-hydrogen) atoms. The summed E-state index contributed by atoms with van der Waals surface area (Å²) in [4.78, 5) is 5.58. The molecule has 124 valence electrons. The lowest BCUT2D eigenvalue weighted by molar-refractivity contribution is -0.0690. The molecule has 0 radical (unpaired) electrons. The van der Waals surface area contributed by atoms with Gasteiger partial charge in [0.1, 0.15) is 35.7 Å². The van der Waals surface area contributed by atoms with E-state index in [0.29, 0.717) is 11.3 Å². The smallest absolute Gasteiger partial charge is 0.164 e. The molecule has 2 aliphatic rings. The normalized spacial score (nSPS) is 31.3. The number of aliphatic hydroxyl groups excluding tert-OH is 3. The van der Waals surface area contributed by atoms with Crippen LogP contribution in [0, 0.1) is 0 Å². The Morgan fingerprint density at radius 1 is 1.39 bits per heavy atom. The molecule has 4 atom stereocenters. The van der Waals surface area contributed by atoms with Crippen molar-refractivity contribution in [3.63, 3.8) is 0 Å². The highest BCUT2D eigenvalue weighted by atomic mass is 16.6. The Labute approximate surface area is 131 Å². The molecule has 4 unspecified atom stereocenters. The number of ether oxygens (including phenoxy) is 1. The molecule has 0 amide bonds. The van der Waals surface area contributed by atoms with Crippen LogP contribution < -0.4 is 5.73 Å². The van der Waals surface area contributed by atoms with Crippen LogP contribution in [0.4, 0.5) is 0 Å². The van der Waals surface area contributed by atoms with Gasteiger partial charge in [-0.25, -0.2) is 4.99 Å². The summed E-state index contributed by atoms with van der Waals surface area (Å²) in [6.07, 6.45) is -1.04. The van der Waals surface area contributed by atoms with Gasteiger partial charge in [-0.3, -0.25) is 4.68 Å². The molecular formula is C13H18N6O4. The van der Waals surface area contributed by atoms with Crippen molar-refractivity contribution in [2.24, 2.45) is 17.8 Å². The summed E-state index contributed by atoms with van der Waals surface area (Å²) in [5.74, 6) is 0.448. The van der Waals surface area contributed by atoms with Crippen LogP contribution in [0.3, 0.4) is 0 Å². The van der Waals surface area contributed by atoms with E-state index in [-0.39, 0.29) is 11.7 Å². The number of amidine groups is 1. The fourth-order valence-electron chi connectivity index (χ4n) is 2.53. The first-order chi connectivity index (χ1) is 10.9. The van der Waals surface area contributed by atoms with Crippen molar-refractivity contribution in [1.82, 2.24) is 19.9 Å². The Morgan fingerprint density at radius 2 is 2.13 bits per heavy atom. The Bertz CT molecular complexity index is 684. The quantitative estimate of drug-likeness (QED) is 0.488. The maximum absolute atomic E-state index is 10.1. The predicted octanol–water partition coefficient (Wildman–Crippen LogP) is -2.26. The van der Waals surface area contributed by atoms with E-state index in [4.69, 9.17) is 10.5 Å². The summed E-state index contributed by atoms with van der Waals surface area (Å²) in [7, 11) is 1.72. The number of aliphatic hydroxyl groups is 3. The van der Waals surface area contributed by atoms with Gasteiger partial charge in [-0.15, -0.1) is 5.10 Å². The van der Waals surface area contributed by atoms with Crippen molar-refractivity contribution in [3.8, 4) is 0 Å². The van der Waals surface area contributed by atoms with Gasteiger partial charge in [0.15, 0.2) is 6.23 Å². The van der Waals surface area contributed by atoms with Crippen LogP contribution in [0.5, 0.6) is 0 Å². The molecule has 0 spiro atoms. The van der Waals surface area contributed by atoms with Crippen LogP contribution in [0.1, 0.15) is 5.69 Å².